The summed E-state index contributed by atoms with van der Waals surface area (Å²) in [4.78, 5) is 15.0. The Morgan fingerprint density at radius 1 is 1.04 bits per heavy atom. The molecular weight excluding hydrogens is 362 g/mol. The molecule has 1 aliphatic heterocycles. The zero-order valence-electron chi connectivity index (χ0n) is 15.1. The molecule has 0 bridgehead atoms. The van der Waals surface area contributed by atoms with E-state index in [1.807, 2.05) is 47.4 Å². The van der Waals surface area contributed by atoms with E-state index >= 15 is 0 Å². The molecule has 6 heteroatoms. The van der Waals surface area contributed by atoms with Crippen molar-refractivity contribution in [1.29, 1.82) is 0 Å². The molecule has 0 N–H and O–H groups in total. The third-order valence-electron chi connectivity index (χ3n) is 4.78. The van der Waals surface area contributed by atoms with Gasteiger partial charge in [-0.2, -0.15) is 5.10 Å². The van der Waals surface area contributed by atoms with Crippen molar-refractivity contribution < 1.29 is 9.53 Å². The Balaban J connectivity index is 1.78. The Morgan fingerprint density at radius 3 is 2.33 bits per heavy atom. The minimum absolute atomic E-state index is 0.00899. The summed E-state index contributed by atoms with van der Waals surface area (Å²) >= 11 is 6.02. The summed E-state index contributed by atoms with van der Waals surface area (Å²) in [6.07, 6.45) is 2.10. The number of methoxy groups -OCH3 is 1. The normalized spacial score (nSPS) is 13.8. The molecule has 0 spiro atoms. The first-order valence-corrected chi connectivity index (χ1v) is 9.33. The molecule has 1 amide bonds. The maximum absolute atomic E-state index is 13.1. The van der Waals surface area contributed by atoms with Crippen molar-refractivity contribution in [3.8, 4) is 22.7 Å². The van der Waals surface area contributed by atoms with Gasteiger partial charge in [0.2, 0.25) is 0 Å². The molecular formula is C21H20ClN3O2. The first-order chi connectivity index (χ1) is 13.2. The fraction of sp³-hybridized carbons (Fsp3) is 0.238. The van der Waals surface area contributed by atoms with Crippen molar-refractivity contribution in [1.82, 2.24) is 14.7 Å². The van der Waals surface area contributed by atoms with Gasteiger partial charge in [-0.1, -0.05) is 11.6 Å². The van der Waals surface area contributed by atoms with Crippen molar-refractivity contribution in [3.63, 3.8) is 0 Å². The van der Waals surface area contributed by atoms with Crippen LogP contribution >= 0.6 is 11.6 Å². The summed E-state index contributed by atoms with van der Waals surface area (Å²) in [7, 11) is 1.64. The Morgan fingerprint density at radius 2 is 1.70 bits per heavy atom. The van der Waals surface area contributed by atoms with Gasteiger partial charge in [-0.25, -0.2) is 4.68 Å². The number of carbonyl (C=O) groups is 1. The average Bonchev–Trinajstić information content (AvgIpc) is 3.38. The lowest BCUT2D eigenvalue weighted by Crippen LogP contribution is -2.29. The summed E-state index contributed by atoms with van der Waals surface area (Å²) in [5.74, 6) is 0.791. The van der Waals surface area contributed by atoms with Gasteiger partial charge in [0.15, 0.2) is 0 Å². The number of rotatable bonds is 4. The number of hydrogen-bond donors (Lipinski definition) is 0. The van der Waals surface area contributed by atoms with E-state index in [0.29, 0.717) is 10.7 Å². The van der Waals surface area contributed by atoms with Crippen LogP contribution in [0.15, 0.2) is 54.6 Å². The second-order valence-corrected chi connectivity index (χ2v) is 6.97. The molecule has 0 aliphatic carbocycles. The standard InChI is InChI=1S/C21H20ClN3O2/c1-27-18-10-4-15(5-11-18)19-14-20(21(26)24-12-2-3-13-24)25(23-19)17-8-6-16(22)7-9-17/h4-11,14H,2-3,12-13H2,1H3. The topological polar surface area (TPSA) is 47.4 Å². The molecule has 1 aromatic heterocycles. The Kier molecular flexibility index (Phi) is 4.86. The van der Waals surface area contributed by atoms with Crippen LogP contribution in [0.1, 0.15) is 23.3 Å². The van der Waals surface area contributed by atoms with E-state index in [4.69, 9.17) is 21.4 Å². The minimum atomic E-state index is 0.00899. The molecule has 1 fully saturated rings. The van der Waals surface area contributed by atoms with Gasteiger partial charge in [-0.3, -0.25) is 4.79 Å². The third-order valence-corrected chi connectivity index (χ3v) is 5.03. The largest absolute Gasteiger partial charge is 0.497 e. The van der Waals surface area contributed by atoms with E-state index in [-0.39, 0.29) is 5.91 Å². The van der Waals surface area contributed by atoms with E-state index in [2.05, 4.69) is 0 Å². The van der Waals surface area contributed by atoms with Crippen LogP contribution in [-0.2, 0) is 0 Å². The molecule has 0 atom stereocenters. The number of benzene rings is 2. The van der Waals surface area contributed by atoms with Crippen LogP contribution in [0.4, 0.5) is 0 Å². The smallest absolute Gasteiger partial charge is 0.272 e. The van der Waals surface area contributed by atoms with Crippen LogP contribution in [0.2, 0.25) is 5.02 Å². The Hall–Kier alpha value is -2.79. The first kappa shape index (κ1) is 17.6. The van der Waals surface area contributed by atoms with Gasteiger partial charge in [-0.15, -0.1) is 0 Å². The van der Waals surface area contributed by atoms with Crippen LogP contribution in [0.3, 0.4) is 0 Å². The Bertz CT molecular complexity index is 943. The summed E-state index contributed by atoms with van der Waals surface area (Å²) in [5.41, 5.74) is 3.04. The zero-order chi connectivity index (χ0) is 18.8. The van der Waals surface area contributed by atoms with Crippen LogP contribution in [0.25, 0.3) is 16.9 Å². The maximum Gasteiger partial charge on any atom is 0.272 e. The number of hydrogen-bond acceptors (Lipinski definition) is 3. The van der Waals surface area contributed by atoms with Gasteiger partial charge < -0.3 is 9.64 Å². The van der Waals surface area contributed by atoms with Gasteiger partial charge in [-0.05, 0) is 67.4 Å². The highest BCUT2D eigenvalue weighted by atomic mass is 35.5. The summed E-state index contributed by atoms with van der Waals surface area (Å²) in [5, 5.41) is 5.36. The lowest BCUT2D eigenvalue weighted by Gasteiger charge is -2.16. The first-order valence-electron chi connectivity index (χ1n) is 8.95. The number of likely N-dealkylation sites (tertiary alicyclic amines) is 1. The zero-order valence-corrected chi connectivity index (χ0v) is 15.8. The van der Waals surface area contributed by atoms with Gasteiger partial charge in [0, 0.05) is 23.7 Å². The monoisotopic (exact) mass is 381 g/mol. The van der Waals surface area contributed by atoms with E-state index in [9.17, 15) is 4.79 Å². The van der Waals surface area contributed by atoms with E-state index < -0.39 is 0 Å². The molecule has 1 aliphatic rings. The number of amides is 1. The second-order valence-electron chi connectivity index (χ2n) is 6.53. The second kappa shape index (κ2) is 7.45. The van der Waals surface area contributed by atoms with Crippen molar-refractivity contribution >= 4 is 17.5 Å². The van der Waals surface area contributed by atoms with Gasteiger partial charge in [0.1, 0.15) is 11.4 Å². The van der Waals surface area contributed by atoms with Crippen LogP contribution in [-0.4, -0.2) is 40.8 Å². The minimum Gasteiger partial charge on any atom is -0.497 e. The molecule has 0 saturated carbocycles. The molecule has 2 aromatic carbocycles. The van der Waals surface area contributed by atoms with Gasteiger partial charge >= 0.3 is 0 Å². The highest BCUT2D eigenvalue weighted by molar-refractivity contribution is 6.30. The molecule has 4 rings (SSSR count). The van der Waals surface area contributed by atoms with Crippen LogP contribution in [0, 0.1) is 0 Å². The van der Waals surface area contributed by atoms with Crippen molar-refractivity contribution in [2.75, 3.05) is 20.2 Å². The molecule has 27 heavy (non-hydrogen) atoms. The lowest BCUT2D eigenvalue weighted by atomic mass is 10.1. The van der Waals surface area contributed by atoms with Crippen molar-refractivity contribution in [2.24, 2.45) is 0 Å². The number of carbonyl (C=O) groups excluding carboxylic acids is 1. The number of halogens is 1. The molecule has 138 valence electrons. The molecule has 5 nitrogen and oxygen atoms in total. The van der Waals surface area contributed by atoms with E-state index in [1.54, 1.807) is 23.9 Å². The molecule has 0 unspecified atom stereocenters. The highest BCUT2D eigenvalue weighted by Crippen LogP contribution is 2.26. The fourth-order valence-corrected chi connectivity index (χ4v) is 3.42. The SMILES string of the molecule is COc1ccc(-c2cc(C(=O)N3CCCC3)n(-c3ccc(Cl)cc3)n2)cc1. The van der Waals surface area contributed by atoms with Crippen molar-refractivity contribution in [3.05, 3.63) is 65.3 Å². The predicted octanol–water partition coefficient (Wildman–Crippen LogP) is 4.44. The number of aromatic nitrogens is 2. The van der Waals surface area contributed by atoms with Crippen molar-refractivity contribution in [2.45, 2.75) is 12.8 Å². The molecule has 0 radical (unpaired) electrons. The average molecular weight is 382 g/mol. The maximum atomic E-state index is 13.1. The van der Waals surface area contributed by atoms with Gasteiger partial charge in [0.05, 0.1) is 18.5 Å². The number of ether oxygens (including phenoxy) is 1. The molecule has 1 saturated heterocycles. The van der Waals surface area contributed by atoms with E-state index in [0.717, 1.165) is 48.6 Å². The quantitative estimate of drug-likeness (QED) is 0.671. The summed E-state index contributed by atoms with van der Waals surface area (Å²) in [6, 6.07) is 16.9. The third kappa shape index (κ3) is 3.55. The summed E-state index contributed by atoms with van der Waals surface area (Å²) in [6.45, 7) is 1.59. The molecule has 3 aromatic rings. The molecule has 2 heterocycles. The van der Waals surface area contributed by atoms with Crippen LogP contribution in [0.5, 0.6) is 5.75 Å². The Labute approximate surface area is 163 Å². The lowest BCUT2D eigenvalue weighted by molar-refractivity contribution is 0.0784. The number of nitrogens with zero attached hydrogens (tertiary/aromatic N) is 3. The van der Waals surface area contributed by atoms with E-state index in [1.165, 1.54) is 0 Å². The van der Waals surface area contributed by atoms with Gasteiger partial charge in [0.25, 0.3) is 5.91 Å². The fourth-order valence-electron chi connectivity index (χ4n) is 3.30. The summed E-state index contributed by atoms with van der Waals surface area (Å²) < 4.78 is 6.93. The predicted molar refractivity (Wildman–Crippen MR) is 106 cm³/mol. The van der Waals surface area contributed by atoms with Crippen LogP contribution < -0.4 is 4.74 Å². The highest BCUT2D eigenvalue weighted by Gasteiger charge is 2.25.